The molecule has 0 unspecified atom stereocenters. The number of nitrogens with one attached hydrogen (secondary N) is 1. The quantitative estimate of drug-likeness (QED) is 0.839. The number of ether oxygens (including phenoxy) is 2. The Balaban J connectivity index is 1.77. The second kappa shape index (κ2) is 5.26. The van der Waals surface area contributed by atoms with Crippen molar-refractivity contribution >= 4 is 12.3 Å². The van der Waals surface area contributed by atoms with Gasteiger partial charge in [0.1, 0.15) is 17.5 Å². The van der Waals surface area contributed by atoms with Crippen LogP contribution in [0.2, 0.25) is 0 Å². The number of carbonyl (C=O) groups is 1. The van der Waals surface area contributed by atoms with E-state index >= 15 is 0 Å². The Hall–Kier alpha value is -2.11. The minimum absolute atomic E-state index is 0.0157. The van der Waals surface area contributed by atoms with E-state index in [9.17, 15) is 4.79 Å². The molecule has 0 aliphatic carbocycles. The molecule has 1 N–H and O–H groups in total. The lowest BCUT2D eigenvalue weighted by molar-refractivity contribution is -0.00845. The number of rotatable bonds is 4. The van der Waals surface area contributed by atoms with Crippen LogP contribution >= 0.6 is 0 Å². The molecule has 1 aliphatic heterocycles. The van der Waals surface area contributed by atoms with Crippen molar-refractivity contribution < 1.29 is 14.3 Å². The molecule has 0 spiro atoms. The molecule has 0 radical (unpaired) electrons. The summed E-state index contributed by atoms with van der Waals surface area (Å²) in [4.78, 5) is 17.2. The SMILES string of the molecule is CC(C)(C=N)OC(=O)N1CC(Oc2ccncc2)C1. The summed E-state index contributed by atoms with van der Waals surface area (Å²) in [7, 11) is 0. The maximum atomic E-state index is 11.7. The van der Waals surface area contributed by atoms with Gasteiger partial charge in [-0.25, -0.2) is 4.79 Å². The Labute approximate surface area is 111 Å². The molecule has 1 fully saturated rings. The fourth-order valence-corrected chi connectivity index (χ4v) is 1.59. The van der Waals surface area contributed by atoms with Crippen LogP contribution < -0.4 is 4.74 Å². The molecule has 0 saturated carbocycles. The molecule has 2 rings (SSSR count). The lowest BCUT2D eigenvalue weighted by Crippen LogP contribution is -2.57. The summed E-state index contributed by atoms with van der Waals surface area (Å²) >= 11 is 0. The topological polar surface area (TPSA) is 75.5 Å². The normalized spacial score (nSPS) is 15.6. The van der Waals surface area contributed by atoms with Crippen LogP contribution in [0.1, 0.15) is 13.8 Å². The number of aromatic nitrogens is 1. The Bertz CT molecular complexity index is 455. The van der Waals surface area contributed by atoms with Crippen molar-refractivity contribution in [2.45, 2.75) is 25.6 Å². The van der Waals surface area contributed by atoms with E-state index in [0.29, 0.717) is 13.1 Å². The van der Waals surface area contributed by atoms with Crippen molar-refractivity contribution in [1.29, 1.82) is 5.41 Å². The molecule has 6 heteroatoms. The number of nitrogens with zero attached hydrogens (tertiary/aromatic N) is 2. The predicted molar refractivity (Wildman–Crippen MR) is 69.6 cm³/mol. The first-order valence-corrected chi connectivity index (χ1v) is 6.06. The molecular formula is C13H17N3O3. The highest BCUT2D eigenvalue weighted by atomic mass is 16.6. The first-order chi connectivity index (χ1) is 9.00. The summed E-state index contributed by atoms with van der Waals surface area (Å²) < 4.78 is 10.8. The first-order valence-electron chi connectivity index (χ1n) is 6.06. The smallest absolute Gasteiger partial charge is 0.410 e. The van der Waals surface area contributed by atoms with Crippen molar-refractivity contribution in [3.8, 4) is 5.75 Å². The van der Waals surface area contributed by atoms with Crippen molar-refractivity contribution in [3.05, 3.63) is 24.5 Å². The zero-order valence-corrected chi connectivity index (χ0v) is 11.0. The number of likely N-dealkylation sites (tertiary alicyclic amines) is 1. The van der Waals surface area contributed by atoms with Crippen LogP contribution in [0.4, 0.5) is 4.79 Å². The lowest BCUT2D eigenvalue weighted by atomic mass is 10.1. The summed E-state index contributed by atoms with van der Waals surface area (Å²) in [6.45, 7) is 4.33. The zero-order chi connectivity index (χ0) is 13.9. The Morgan fingerprint density at radius 3 is 2.68 bits per heavy atom. The second-order valence-electron chi connectivity index (χ2n) is 4.94. The van der Waals surface area contributed by atoms with Crippen LogP contribution in [-0.2, 0) is 4.74 Å². The Kier molecular flexibility index (Phi) is 3.69. The standard InChI is InChI=1S/C13H17N3O3/c1-13(2,9-14)19-12(17)16-7-11(8-16)18-10-3-5-15-6-4-10/h3-6,9,11,14H,7-8H2,1-2H3. The molecule has 6 nitrogen and oxygen atoms in total. The van der Waals surface area contributed by atoms with Crippen LogP contribution in [0.3, 0.4) is 0 Å². The van der Waals surface area contributed by atoms with E-state index in [-0.39, 0.29) is 6.10 Å². The van der Waals surface area contributed by atoms with Gasteiger partial charge in [0.05, 0.1) is 13.1 Å². The third-order valence-corrected chi connectivity index (χ3v) is 2.76. The second-order valence-corrected chi connectivity index (χ2v) is 4.94. The van der Waals surface area contributed by atoms with E-state index in [1.54, 1.807) is 43.3 Å². The summed E-state index contributed by atoms with van der Waals surface area (Å²) in [5, 5.41) is 7.15. The fourth-order valence-electron chi connectivity index (χ4n) is 1.59. The van der Waals surface area contributed by atoms with E-state index in [0.717, 1.165) is 12.0 Å². The first kappa shape index (κ1) is 13.3. The van der Waals surface area contributed by atoms with Gasteiger partial charge in [0, 0.05) is 18.6 Å². The maximum Gasteiger partial charge on any atom is 0.410 e. The minimum Gasteiger partial charge on any atom is -0.487 e. The number of amides is 1. The Morgan fingerprint density at radius 1 is 1.47 bits per heavy atom. The highest BCUT2D eigenvalue weighted by Crippen LogP contribution is 2.19. The van der Waals surface area contributed by atoms with E-state index in [2.05, 4.69) is 4.98 Å². The van der Waals surface area contributed by atoms with Gasteiger partial charge in [-0.2, -0.15) is 0 Å². The van der Waals surface area contributed by atoms with Gasteiger partial charge < -0.3 is 19.8 Å². The molecule has 1 saturated heterocycles. The molecule has 0 atom stereocenters. The van der Waals surface area contributed by atoms with Crippen LogP contribution in [0, 0.1) is 5.41 Å². The monoisotopic (exact) mass is 263 g/mol. The molecule has 19 heavy (non-hydrogen) atoms. The highest BCUT2D eigenvalue weighted by molar-refractivity contribution is 5.74. The van der Waals surface area contributed by atoms with Crippen molar-refractivity contribution in [3.63, 3.8) is 0 Å². The summed E-state index contributed by atoms with van der Waals surface area (Å²) in [6, 6.07) is 3.55. The predicted octanol–water partition coefficient (Wildman–Crippen LogP) is 1.71. The van der Waals surface area contributed by atoms with Gasteiger partial charge in [-0.05, 0) is 26.0 Å². The van der Waals surface area contributed by atoms with E-state index in [1.807, 2.05) is 0 Å². The average molecular weight is 263 g/mol. The molecule has 1 amide bonds. The number of pyridine rings is 1. The highest BCUT2D eigenvalue weighted by Gasteiger charge is 2.35. The molecule has 2 heterocycles. The minimum atomic E-state index is -0.867. The van der Waals surface area contributed by atoms with Crippen LogP contribution in [0.5, 0.6) is 5.75 Å². The average Bonchev–Trinajstić information content (AvgIpc) is 2.34. The van der Waals surface area contributed by atoms with Gasteiger partial charge in [0.25, 0.3) is 0 Å². The van der Waals surface area contributed by atoms with Crippen molar-refractivity contribution in [2.24, 2.45) is 0 Å². The molecule has 102 valence electrons. The summed E-state index contributed by atoms with van der Waals surface area (Å²) in [6.07, 6.45) is 4.00. The molecule has 0 aromatic carbocycles. The molecule has 0 bridgehead atoms. The number of hydrogen-bond donors (Lipinski definition) is 1. The van der Waals surface area contributed by atoms with Gasteiger partial charge in [0.2, 0.25) is 0 Å². The van der Waals surface area contributed by atoms with Crippen LogP contribution in [0.25, 0.3) is 0 Å². The maximum absolute atomic E-state index is 11.7. The lowest BCUT2D eigenvalue weighted by Gasteiger charge is -2.39. The van der Waals surface area contributed by atoms with E-state index in [4.69, 9.17) is 14.9 Å². The fraction of sp³-hybridized carbons (Fsp3) is 0.462. The largest absolute Gasteiger partial charge is 0.487 e. The van der Waals surface area contributed by atoms with Crippen LogP contribution in [-0.4, -0.2) is 47.0 Å². The van der Waals surface area contributed by atoms with Gasteiger partial charge in [-0.3, -0.25) is 4.98 Å². The zero-order valence-electron chi connectivity index (χ0n) is 11.0. The molecule has 1 aliphatic rings. The van der Waals surface area contributed by atoms with Crippen LogP contribution in [0.15, 0.2) is 24.5 Å². The molecular weight excluding hydrogens is 246 g/mol. The van der Waals surface area contributed by atoms with E-state index < -0.39 is 11.7 Å². The number of hydrogen-bond acceptors (Lipinski definition) is 5. The van der Waals surface area contributed by atoms with Gasteiger partial charge in [-0.15, -0.1) is 0 Å². The third-order valence-electron chi connectivity index (χ3n) is 2.76. The summed E-state index contributed by atoms with van der Waals surface area (Å²) in [5.74, 6) is 0.743. The van der Waals surface area contributed by atoms with Gasteiger partial charge >= 0.3 is 6.09 Å². The van der Waals surface area contributed by atoms with Gasteiger partial charge in [-0.1, -0.05) is 0 Å². The number of carbonyl (C=O) groups excluding carboxylic acids is 1. The Morgan fingerprint density at radius 2 is 2.11 bits per heavy atom. The summed E-state index contributed by atoms with van der Waals surface area (Å²) in [5.41, 5.74) is -0.867. The van der Waals surface area contributed by atoms with Gasteiger partial charge in [0.15, 0.2) is 0 Å². The molecule has 1 aromatic heterocycles. The third kappa shape index (κ3) is 3.43. The van der Waals surface area contributed by atoms with Crippen molar-refractivity contribution in [2.75, 3.05) is 13.1 Å². The molecule has 1 aromatic rings. The van der Waals surface area contributed by atoms with E-state index in [1.165, 1.54) is 0 Å². The van der Waals surface area contributed by atoms with Crippen molar-refractivity contribution in [1.82, 2.24) is 9.88 Å².